The quantitative estimate of drug-likeness (QED) is 0.766. The van der Waals surface area contributed by atoms with Gasteiger partial charge in [0.25, 0.3) is 5.91 Å². The minimum Gasteiger partial charge on any atom is -0.447 e. The van der Waals surface area contributed by atoms with E-state index in [1.807, 2.05) is 0 Å². The Morgan fingerprint density at radius 3 is 2.27 bits per heavy atom. The number of esters is 1. The molecule has 22 heavy (non-hydrogen) atoms. The molecule has 3 amide bonds. The van der Waals surface area contributed by atoms with Gasteiger partial charge in [-0.05, 0) is 6.92 Å². The zero-order valence-corrected chi connectivity index (χ0v) is 12.4. The number of nitrogens with one attached hydrogen (secondary N) is 2. The highest BCUT2D eigenvalue weighted by atomic mass is 16.5. The SMILES string of the molecule is CNC(=O)NC(=O)[C@@H](OC(=O)CCC(C)=O)c1ccccc1. The first kappa shape index (κ1) is 17.4. The number of rotatable bonds is 6. The topological polar surface area (TPSA) is 102 Å². The van der Waals surface area contributed by atoms with Crippen LogP contribution < -0.4 is 10.6 Å². The van der Waals surface area contributed by atoms with Crippen molar-refractivity contribution in [3.63, 3.8) is 0 Å². The number of urea groups is 1. The summed E-state index contributed by atoms with van der Waals surface area (Å²) in [6.45, 7) is 1.36. The van der Waals surface area contributed by atoms with Crippen molar-refractivity contribution in [2.45, 2.75) is 25.9 Å². The molecule has 0 bridgehead atoms. The molecule has 118 valence electrons. The molecule has 0 radical (unpaired) electrons. The van der Waals surface area contributed by atoms with Gasteiger partial charge in [0, 0.05) is 19.0 Å². The molecule has 0 aliphatic carbocycles. The number of carbonyl (C=O) groups is 4. The van der Waals surface area contributed by atoms with Crippen LogP contribution in [-0.4, -0.2) is 30.7 Å². The lowest BCUT2D eigenvalue weighted by Crippen LogP contribution is -2.41. The molecule has 7 heteroatoms. The highest BCUT2D eigenvalue weighted by Crippen LogP contribution is 2.18. The van der Waals surface area contributed by atoms with Crippen molar-refractivity contribution in [1.82, 2.24) is 10.6 Å². The summed E-state index contributed by atoms with van der Waals surface area (Å²) in [5.74, 6) is -1.60. The molecule has 0 aromatic heterocycles. The number of hydrogen-bond donors (Lipinski definition) is 2. The van der Waals surface area contributed by atoms with E-state index in [9.17, 15) is 19.2 Å². The lowest BCUT2D eigenvalue weighted by molar-refractivity contribution is -0.156. The minimum atomic E-state index is -1.25. The van der Waals surface area contributed by atoms with Gasteiger partial charge in [-0.2, -0.15) is 0 Å². The molecule has 0 saturated carbocycles. The maximum Gasteiger partial charge on any atom is 0.321 e. The Balaban J connectivity index is 2.83. The number of imide groups is 1. The van der Waals surface area contributed by atoms with Crippen LogP contribution in [0.5, 0.6) is 0 Å². The van der Waals surface area contributed by atoms with Gasteiger partial charge in [0.2, 0.25) is 6.10 Å². The van der Waals surface area contributed by atoms with Gasteiger partial charge in [-0.25, -0.2) is 4.79 Å². The molecule has 1 aromatic carbocycles. The van der Waals surface area contributed by atoms with Crippen LogP contribution in [0.1, 0.15) is 31.4 Å². The summed E-state index contributed by atoms with van der Waals surface area (Å²) in [5, 5.41) is 4.30. The fourth-order valence-electron chi connectivity index (χ4n) is 1.61. The molecule has 0 aliphatic rings. The van der Waals surface area contributed by atoms with Gasteiger partial charge in [-0.1, -0.05) is 30.3 Å². The largest absolute Gasteiger partial charge is 0.447 e. The van der Waals surface area contributed by atoms with Crippen LogP contribution in [0.2, 0.25) is 0 Å². The zero-order valence-electron chi connectivity index (χ0n) is 12.4. The number of benzene rings is 1. The number of ketones is 1. The summed E-state index contributed by atoms with van der Waals surface area (Å²) in [4.78, 5) is 45.9. The minimum absolute atomic E-state index is 0.0391. The number of hydrogen-bond acceptors (Lipinski definition) is 5. The van der Waals surface area contributed by atoms with Crippen LogP contribution in [-0.2, 0) is 19.1 Å². The Morgan fingerprint density at radius 2 is 1.73 bits per heavy atom. The molecular formula is C15H18N2O5. The second-order valence-electron chi connectivity index (χ2n) is 4.55. The third kappa shape index (κ3) is 5.74. The summed E-state index contributed by atoms with van der Waals surface area (Å²) in [5.41, 5.74) is 0.431. The summed E-state index contributed by atoms with van der Waals surface area (Å²) in [6, 6.07) is 7.61. The molecule has 2 N–H and O–H groups in total. The third-order valence-corrected chi connectivity index (χ3v) is 2.73. The molecule has 7 nitrogen and oxygen atoms in total. The molecule has 0 unspecified atom stereocenters. The maximum absolute atomic E-state index is 12.1. The summed E-state index contributed by atoms with van der Waals surface area (Å²) in [6.07, 6.45) is -1.33. The van der Waals surface area contributed by atoms with Gasteiger partial charge >= 0.3 is 12.0 Å². The standard InChI is InChI=1S/C15H18N2O5/c1-10(18)8-9-12(19)22-13(11-6-4-3-5-7-11)14(20)17-15(21)16-2/h3-7,13H,8-9H2,1-2H3,(H2,16,17,20,21)/t13-/m0/s1. The van der Waals surface area contributed by atoms with Gasteiger partial charge in [0.1, 0.15) is 5.78 Å². The molecule has 1 atom stereocenters. The van der Waals surface area contributed by atoms with Crippen molar-refractivity contribution >= 4 is 23.7 Å². The smallest absolute Gasteiger partial charge is 0.321 e. The second kappa shape index (κ2) is 8.56. The van der Waals surface area contributed by atoms with Crippen molar-refractivity contribution in [3.8, 4) is 0 Å². The normalized spacial score (nSPS) is 11.2. The summed E-state index contributed by atoms with van der Waals surface area (Å²) in [7, 11) is 1.36. The first-order valence-electron chi connectivity index (χ1n) is 6.70. The molecule has 1 rings (SSSR count). The Hall–Kier alpha value is -2.70. The van der Waals surface area contributed by atoms with E-state index in [-0.39, 0.29) is 18.6 Å². The van der Waals surface area contributed by atoms with E-state index in [2.05, 4.69) is 10.6 Å². The van der Waals surface area contributed by atoms with Gasteiger partial charge in [0.15, 0.2) is 0 Å². The van der Waals surface area contributed by atoms with Crippen LogP contribution >= 0.6 is 0 Å². The number of ether oxygens (including phenoxy) is 1. The Kier molecular flexibility index (Phi) is 6.75. The fourth-order valence-corrected chi connectivity index (χ4v) is 1.61. The molecule has 0 saturated heterocycles. The van der Waals surface area contributed by atoms with Gasteiger partial charge in [-0.3, -0.25) is 14.9 Å². The van der Waals surface area contributed by atoms with Crippen LogP contribution in [0.25, 0.3) is 0 Å². The molecule has 0 heterocycles. The third-order valence-electron chi connectivity index (χ3n) is 2.73. The van der Waals surface area contributed by atoms with Crippen molar-refractivity contribution < 1.29 is 23.9 Å². The van der Waals surface area contributed by atoms with Crippen molar-refractivity contribution in [3.05, 3.63) is 35.9 Å². The van der Waals surface area contributed by atoms with Crippen LogP contribution in [0, 0.1) is 0 Å². The highest BCUT2D eigenvalue weighted by molar-refractivity contribution is 5.97. The monoisotopic (exact) mass is 306 g/mol. The summed E-state index contributed by atoms with van der Waals surface area (Å²) >= 11 is 0. The lowest BCUT2D eigenvalue weighted by Gasteiger charge is -2.17. The van der Waals surface area contributed by atoms with Crippen molar-refractivity contribution in [2.75, 3.05) is 7.05 Å². The van der Waals surface area contributed by atoms with Crippen molar-refractivity contribution in [2.24, 2.45) is 0 Å². The number of Topliss-reactive ketones (excluding diaryl/α,β-unsaturated/α-hetero) is 1. The predicted octanol–water partition coefficient (Wildman–Crippen LogP) is 1.10. The van der Waals surface area contributed by atoms with Crippen molar-refractivity contribution in [1.29, 1.82) is 0 Å². The maximum atomic E-state index is 12.1. The second-order valence-corrected chi connectivity index (χ2v) is 4.55. The molecule has 1 aromatic rings. The van der Waals surface area contributed by atoms with E-state index in [1.165, 1.54) is 14.0 Å². The molecule has 0 fully saturated rings. The van der Waals surface area contributed by atoms with E-state index < -0.39 is 24.0 Å². The van der Waals surface area contributed by atoms with Crippen LogP contribution in [0.4, 0.5) is 4.79 Å². The Morgan fingerprint density at radius 1 is 1.09 bits per heavy atom. The van der Waals surface area contributed by atoms with Gasteiger partial charge in [0.05, 0.1) is 6.42 Å². The van der Waals surface area contributed by atoms with Crippen LogP contribution in [0.3, 0.4) is 0 Å². The Labute approximate surface area is 128 Å². The molecule has 0 spiro atoms. The molecule has 0 aliphatic heterocycles. The van der Waals surface area contributed by atoms with E-state index in [0.29, 0.717) is 5.56 Å². The fraction of sp³-hybridized carbons (Fsp3) is 0.333. The first-order chi connectivity index (χ1) is 10.4. The van der Waals surface area contributed by atoms with E-state index in [0.717, 1.165) is 0 Å². The highest BCUT2D eigenvalue weighted by Gasteiger charge is 2.26. The average molecular weight is 306 g/mol. The number of carbonyl (C=O) groups excluding carboxylic acids is 4. The van der Waals surface area contributed by atoms with Gasteiger partial charge in [-0.15, -0.1) is 0 Å². The van der Waals surface area contributed by atoms with E-state index >= 15 is 0 Å². The zero-order chi connectivity index (χ0) is 16.5. The average Bonchev–Trinajstić information content (AvgIpc) is 2.51. The predicted molar refractivity (Wildman–Crippen MR) is 77.8 cm³/mol. The Bertz CT molecular complexity index is 556. The first-order valence-corrected chi connectivity index (χ1v) is 6.70. The van der Waals surface area contributed by atoms with Crippen LogP contribution in [0.15, 0.2) is 30.3 Å². The lowest BCUT2D eigenvalue weighted by atomic mass is 10.1. The molecular weight excluding hydrogens is 288 g/mol. The summed E-state index contributed by atoms with van der Waals surface area (Å²) < 4.78 is 5.11. The van der Waals surface area contributed by atoms with E-state index in [1.54, 1.807) is 30.3 Å². The number of amides is 3. The van der Waals surface area contributed by atoms with Gasteiger partial charge < -0.3 is 14.8 Å². The van der Waals surface area contributed by atoms with E-state index in [4.69, 9.17) is 4.74 Å².